The van der Waals surface area contributed by atoms with Crippen LogP contribution in [-0.2, 0) is 6.54 Å². The lowest BCUT2D eigenvalue weighted by Gasteiger charge is -2.20. The van der Waals surface area contributed by atoms with Gasteiger partial charge in [-0.15, -0.1) is 0 Å². The minimum Gasteiger partial charge on any atom is -0.397 e. The van der Waals surface area contributed by atoms with Crippen LogP contribution >= 0.6 is 15.9 Å². The van der Waals surface area contributed by atoms with Crippen LogP contribution in [0.25, 0.3) is 0 Å². The maximum absolute atomic E-state index is 11.9. The van der Waals surface area contributed by atoms with Crippen LogP contribution in [0.4, 0.5) is 5.69 Å². The summed E-state index contributed by atoms with van der Waals surface area (Å²) in [5.74, 6) is 0. The fourth-order valence-corrected chi connectivity index (χ4v) is 1.82. The van der Waals surface area contributed by atoms with E-state index in [2.05, 4.69) is 36.7 Å². The lowest BCUT2D eigenvalue weighted by molar-refractivity contribution is 0.338. The maximum atomic E-state index is 11.9. The Morgan fingerprint density at radius 2 is 2.00 bits per heavy atom. The molecule has 84 valence electrons. The second-order valence-corrected chi connectivity index (χ2v) is 5.81. The van der Waals surface area contributed by atoms with Crippen LogP contribution in [0.3, 0.4) is 0 Å². The average molecular weight is 273 g/mol. The van der Waals surface area contributed by atoms with Gasteiger partial charge in [-0.05, 0) is 33.8 Å². The first kappa shape index (κ1) is 12.3. The molecule has 4 heteroatoms. The second kappa shape index (κ2) is 4.00. The van der Waals surface area contributed by atoms with Crippen molar-refractivity contribution in [2.75, 3.05) is 5.73 Å². The highest BCUT2D eigenvalue weighted by Crippen LogP contribution is 2.20. The molecule has 0 radical (unpaired) electrons. The van der Waals surface area contributed by atoms with E-state index in [-0.39, 0.29) is 11.0 Å². The van der Waals surface area contributed by atoms with Crippen LogP contribution in [0.15, 0.2) is 15.5 Å². The number of nitrogen functional groups attached to an aromatic ring is 1. The number of nitrogens with two attached hydrogens (primary N) is 1. The summed E-state index contributed by atoms with van der Waals surface area (Å²) in [6, 6.07) is 0. The Kier molecular flexibility index (Phi) is 3.28. The van der Waals surface area contributed by atoms with Gasteiger partial charge >= 0.3 is 0 Å². The Hall–Kier alpha value is -0.770. The van der Waals surface area contributed by atoms with Crippen LogP contribution in [-0.4, -0.2) is 4.57 Å². The van der Waals surface area contributed by atoms with Gasteiger partial charge in [0, 0.05) is 12.7 Å². The molecule has 0 amide bonds. The molecule has 0 atom stereocenters. The van der Waals surface area contributed by atoms with E-state index in [4.69, 9.17) is 5.73 Å². The van der Waals surface area contributed by atoms with Crippen molar-refractivity contribution in [2.24, 2.45) is 5.41 Å². The molecule has 1 aromatic heterocycles. The Bertz CT molecular complexity index is 429. The predicted octanol–water partition coefficient (Wildman–Crippen LogP) is 2.55. The zero-order chi connectivity index (χ0) is 11.8. The van der Waals surface area contributed by atoms with Crippen LogP contribution in [0.2, 0.25) is 0 Å². The maximum Gasteiger partial charge on any atom is 0.265 e. The Labute approximate surface area is 98.4 Å². The monoisotopic (exact) mass is 272 g/mol. The van der Waals surface area contributed by atoms with E-state index in [1.807, 2.05) is 6.92 Å². The fraction of sp³-hybridized carbons (Fsp3) is 0.545. The number of aromatic nitrogens is 1. The first-order valence-electron chi connectivity index (χ1n) is 4.87. The first-order chi connectivity index (χ1) is 6.72. The van der Waals surface area contributed by atoms with E-state index < -0.39 is 0 Å². The van der Waals surface area contributed by atoms with Gasteiger partial charge < -0.3 is 10.3 Å². The molecule has 0 spiro atoms. The summed E-state index contributed by atoms with van der Waals surface area (Å²) < 4.78 is 2.22. The lowest BCUT2D eigenvalue weighted by atomic mass is 9.97. The molecule has 1 rings (SSSR count). The molecule has 0 fully saturated rings. The zero-order valence-corrected chi connectivity index (χ0v) is 11.2. The van der Waals surface area contributed by atoms with E-state index in [0.29, 0.717) is 16.7 Å². The van der Waals surface area contributed by atoms with Gasteiger partial charge in [0.2, 0.25) is 0 Å². The summed E-state index contributed by atoms with van der Waals surface area (Å²) in [6.45, 7) is 8.76. The van der Waals surface area contributed by atoms with Crippen molar-refractivity contribution in [1.82, 2.24) is 4.57 Å². The summed E-state index contributed by atoms with van der Waals surface area (Å²) in [6.07, 6.45) is 1.72. The molecular weight excluding hydrogens is 256 g/mol. The fourth-order valence-electron chi connectivity index (χ4n) is 1.37. The molecule has 0 saturated heterocycles. The smallest absolute Gasteiger partial charge is 0.265 e. The summed E-state index contributed by atoms with van der Waals surface area (Å²) in [5, 5.41) is 0. The van der Waals surface area contributed by atoms with Crippen molar-refractivity contribution in [3.8, 4) is 0 Å². The Morgan fingerprint density at radius 1 is 1.47 bits per heavy atom. The SMILES string of the molecule is Cc1c(N)cn(CC(C)(C)C)c(=O)c1Br. The highest BCUT2D eigenvalue weighted by Gasteiger charge is 2.15. The highest BCUT2D eigenvalue weighted by molar-refractivity contribution is 9.10. The van der Waals surface area contributed by atoms with E-state index in [9.17, 15) is 4.79 Å². The van der Waals surface area contributed by atoms with Crippen molar-refractivity contribution in [2.45, 2.75) is 34.2 Å². The molecule has 0 unspecified atom stereocenters. The number of anilines is 1. The third kappa shape index (κ3) is 2.84. The largest absolute Gasteiger partial charge is 0.397 e. The van der Waals surface area contributed by atoms with Crippen molar-refractivity contribution in [1.29, 1.82) is 0 Å². The topological polar surface area (TPSA) is 48.0 Å². The summed E-state index contributed by atoms with van der Waals surface area (Å²) in [7, 11) is 0. The number of pyridine rings is 1. The Morgan fingerprint density at radius 3 is 2.47 bits per heavy atom. The standard InChI is InChI=1S/C11H17BrN2O/c1-7-8(13)5-14(6-11(2,3)4)10(15)9(7)12/h5H,6,13H2,1-4H3. The number of nitrogens with zero attached hydrogens (tertiary/aromatic N) is 1. The van der Waals surface area contributed by atoms with Gasteiger partial charge in [-0.3, -0.25) is 4.79 Å². The Balaban J connectivity index is 3.28. The van der Waals surface area contributed by atoms with Gasteiger partial charge in [0.05, 0.1) is 10.2 Å². The lowest BCUT2D eigenvalue weighted by Crippen LogP contribution is -2.28. The van der Waals surface area contributed by atoms with Crippen LogP contribution in [0.1, 0.15) is 26.3 Å². The normalized spacial score (nSPS) is 11.8. The molecule has 0 aliphatic rings. The van der Waals surface area contributed by atoms with E-state index >= 15 is 0 Å². The van der Waals surface area contributed by atoms with Crippen LogP contribution < -0.4 is 11.3 Å². The minimum absolute atomic E-state index is 0.0170. The van der Waals surface area contributed by atoms with Gasteiger partial charge in [-0.1, -0.05) is 20.8 Å². The van der Waals surface area contributed by atoms with Gasteiger partial charge in [0.1, 0.15) is 0 Å². The third-order valence-corrected chi connectivity index (χ3v) is 3.08. The van der Waals surface area contributed by atoms with Crippen molar-refractivity contribution in [3.05, 3.63) is 26.6 Å². The van der Waals surface area contributed by atoms with E-state index in [0.717, 1.165) is 5.56 Å². The summed E-state index contributed by atoms with van der Waals surface area (Å²) >= 11 is 3.27. The van der Waals surface area contributed by atoms with Crippen LogP contribution in [0.5, 0.6) is 0 Å². The average Bonchev–Trinajstić information content (AvgIpc) is 2.08. The third-order valence-electron chi connectivity index (χ3n) is 2.15. The zero-order valence-electron chi connectivity index (χ0n) is 9.60. The molecule has 1 heterocycles. The quantitative estimate of drug-likeness (QED) is 0.854. The van der Waals surface area contributed by atoms with Crippen molar-refractivity contribution >= 4 is 21.6 Å². The number of hydrogen-bond donors (Lipinski definition) is 1. The van der Waals surface area contributed by atoms with Crippen molar-refractivity contribution in [3.63, 3.8) is 0 Å². The van der Waals surface area contributed by atoms with Crippen LogP contribution in [0, 0.1) is 12.3 Å². The summed E-state index contributed by atoms with van der Waals surface area (Å²) in [5.41, 5.74) is 7.32. The molecule has 1 aromatic rings. The molecule has 15 heavy (non-hydrogen) atoms. The van der Waals surface area contributed by atoms with Gasteiger partial charge in [-0.25, -0.2) is 0 Å². The van der Waals surface area contributed by atoms with E-state index in [1.54, 1.807) is 10.8 Å². The second-order valence-electron chi connectivity index (χ2n) is 5.02. The highest BCUT2D eigenvalue weighted by atomic mass is 79.9. The molecule has 0 bridgehead atoms. The molecule has 0 aliphatic carbocycles. The van der Waals surface area contributed by atoms with Crippen molar-refractivity contribution < 1.29 is 0 Å². The molecule has 0 saturated carbocycles. The van der Waals surface area contributed by atoms with Gasteiger partial charge in [0.25, 0.3) is 5.56 Å². The summed E-state index contributed by atoms with van der Waals surface area (Å²) in [4.78, 5) is 11.9. The molecular formula is C11H17BrN2O. The van der Waals surface area contributed by atoms with Gasteiger partial charge in [-0.2, -0.15) is 0 Å². The predicted molar refractivity (Wildman–Crippen MR) is 67.0 cm³/mol. The van der Waals surface area contributed by atoms with E-state index in [1.165, 1.54) is 0 Å². The minimum atomic E-state index is -0.0170. The van der Waals surface area contributed by atoms with Gasteiger partial charge in [0.15, 0.2) is 0 Å². The molecule has 0 aliphatic heterocycles. The molecule has 0 aromatic carbocycles. The first-order valence-corrected chi connectivity index (χ1v) is 5.67. The molecule has 3 nitrogen and oxygen atoms in total. The number of hydrogen-bond acceptors (Lipinski definition) is 2. The number of rotatable bonds is 1. The molecule has 2 N–H and O–H groups in total. The number of halogens is 1.